The van der Waals surface area contributed by atoms with Crippen molar-refractivity contribution < 1.29 is 14.3 Å². The normalized spacial score (nSPS) is 14.7. The van der Waals surface area contributed by atoms with Crippen LogP contribution in [0.5, 0.6) is 0 Å². The summed E-state index contributed by atoms with van der Waals surface area (Å²) in [6, 6.07) is -0.117. The standard InChI is InChI=1S/C17H27N5O3S.HI/c1-5-25-16(24)13-10(2)21-15(26-13)11(3)22-17(18-4)20-9-8-19-14(23)12-6-7-12;/h11-12H,5-9H2,1-4H3,(H,19,23)(H2,18,20,22);1H. The number of amides is 1. The predicted octanol–water partition coefficient (Wildman–Crippen LogP) is 2.00. The molecule has 3 N–H and O–H groups in total. The van der Waals surface area contributed by atoms with Gasteiger partial charge in [-0.1, -0.05) is 0 Å². The van der Waals surface area contributed by atoms with Gasteiger partial charge in [-0.05, 0) is 33.6 Å². The summed E-state index contributed by atoms with van der Waals surface area (Å²) < 4.78 is 5.05. The van der Waals surface area contributed by atoms with E-state index in [-0.39, 0.29) is 47.8 Å². The molecule has 1 saturated carbocycles. The van der Waals surface area contributed by atoms with Crippen molar-refractivity contribution in [3.05, 3.63) is 15.6 Å². The first-order valence-corrected chi connectivity index (χ1v) is 9.67. The van der Waals surface area contributed by atoms with Crippen LogP contribution in [0.4, 0.5) is 0 Å². The van der Waals surface area contributed by atoms with Crippen molar-refractivity contribution in [1.82, 2.24) is 20.9 Å². The Kier molecular flexibility index (Phi) is 9.99. The van der Waals surface area contributed by atoms with Crippen LogP contribution in [0.3, 0.4) is 0 Å². The minimum absolute atomic E-state index is 0. The SMILES string of the molecule is CCOC(=O)c1sc(C(C)NC(=NC)NCCNC(=O)C2CC2)nc1C.I. The molecule has 152 valence electrons. The van der Waals surface area contributed by atoms with Crippen LogP contribution >= 0.6 is 35.3 Å². The Morgan fingerprint density at radius 1 is 1.33 bits per heavy atom. The zero-order valence-electron chi connectivity index (χ0n) is 16.1. The van der Waals surface area contributed by atoms with Crippen LogP contribution in [0.1, 0.15) is 53.1 Å². The lowest BCUT2D eigenvalue weighted by Gasteiger charge is -2.16. The van der Waals surface area contributed by atoms with Gasteiger partial charge in [0.15, 0.2) is 5.96 Å². The number of thiazole rings is 1. The molecule has 1 aliphatic rings. The molecule has 0 bridgehead atoms. The van der Waals surface area contributed by atoms with Gasteiger partial charge in [-0.15, -0.1) is 35.3 Å². The summed E-state index contributed by atoms with van der Waals surface area (Å²) >= 11 is 1.32. The number of ether oxygens (including phenoxy) is 1. The Balaban J connectivity index is 0.00000364. The van der Waals surface area contributed by atoms with Crippen molar-refractivity contribution in [3.63, 3.8) is 0 Å². The monoisotopic (exact) mass is 509 g/mol. The minimum Gasteiger partial charge on any atom is -0.462 e. The Bertz CT molecular complexity index is 676. The molecular formula is C17H28IN5O3S. The number of aliphatic imine (C=N–C) groups is 1. The molecular weight excluding hydrogens is 481 g/mol. The Labute approximate surface area is 181 Å². The fourth-order valence-electron chi connectivity index (χ4n) is 2.31. The largest absolute Gasteiger partial charge is 0.462 e. The molecule has 0 aliphatic heterocycles. The number of nitrogens with one attached hydrogen (secondary N) is 3. The number of hydrogen-bond donors (Lipinski definition) is 3. The van der Waals surface area contributed by atoms with Crippen molar-refractivity contribution in [2.24, 2.45) is 10.9 Å². The van der Waals surface area contributed by atoms with Gasteiger partial charge in [0.1, 0.15) is 9.88 Å². The summed E-state index contributed by atoms with van der Waals surface area (Å²) in [5, 5.41) is 10.1. The third kappa shape index (κ3) is 7.24. The van der Waals surface area contributed by atoms with E-state index in [1.165, 1.54) is 11.3 Å². The molecule has 1 aromatic heterocycles. The number of esters is 1. The molecule has 1 aliphatic carbocycles. The topological polar surface area (TPSA) is 105 Å². The lowest BCUT2D eigenvalue weighted by molar-refractivity contribution is -0.122. The fraction of sp³-hybridized carbons (Fsp3) is 0.647. The number of carbonyl (C=O) groups is 2. The van der Waals surface area contributed by atoms with Gasteiger partial charge in [0.05, 0.1) is 18.3 Å². The highest BCUT2D eigenvalue weighted by molar-refractivity contribution is 14.0. The van der Waals surface area contributed by atoms with Gasteiger partial charge in [-0.2, -0.15) is 0 Å². The molecule has 1 unspecified atom stereocenters. The predicted molar refractivity (Wildman–Crippen MR) is 117 cm³/mol. The maximum atomic E-state index is 11.9. The first kappa shape index (κ1) is 23.6. The summed E-state index contributed by atoms with van der Waals surface area (Å²) in [6.45, 7) is 7.00. The summed E-state index contributed by atoms with van der Waals surface area (Å²) in [5.41, 5.74) is 0.669. The average molecular weight is 509 g/mol. The number of rotatable bonds is 8. The van der Waals surface area contributed by atoms with Crippen molar-refractivity contribution >= 4 is 53.1 Å². The van der Waals surface area contributed by atoms with Crippen LogP contribution in [0, 0.1) is 12.8 Å². The number of hydrogen-bond acceptors (Lipinski definition) is 6. The van der Waals surface area contributed by atoms with Crippen molar-refractivity contribution in [3.8, 4) is 0 Å². The van der Waals surface area contributed by atoms with E-state index in [1.54, 1.807) is 20.9 Å². The quantitative estimate of drug-likeness (QED) is 0.163. The van der Waals surface area contributed by atoms with E-state index in [0.29, 0.717) is 36.2 Å². The van der Waals surface area contributed by atoms with E-state index in [4.69, 9.17) is 4.74 Å². The molecule has 1 heterocycles. The number of aromatic nitrogens is 1. The third-order valence-corrected chi connectivity index (χ3v) is 5.21. The molecule has 8 nitrogen and oxygen atoms in total. The van der Waals surface area contributed by atoms with Crippen LogP contribution in [0.15, 0.2) is 4.99 Å². The van der Waals surface area contributed by atoms with Gasteiger partial charge in [0, 0.05) is 26.1 Å². The second-order valence-corrected chi connectivity index (χ2v) is 7.15. The van der Waals surface area contributed by atoms with Crippen molar-refractivity contribution in [2.45, 2.75) is 39.7 Å². The van der Waals surface area contributed by atoms with Gasteiger partial charge < -0.3 is 20.7 Å². The first-order valence-electron chi connectivity index (χ1n) is 8.85. The smallest absolute Gasteiger partial charge is 0.350 e. The molecule has 27 heavy (non-hydrogen) atoms. The molecule has 2 rings (SSSR count). The second kappa shape index (κ2) is 11.4. The lowest BCUT2D eigenvalue weighted by Crippen LogP contribution is -2.42. The summed E-state index contributed by atoms with van der Waals surface area (Å²) in [5.74, 6) is 0.626. The number of carbonyl (C=O) groups excluding carboxylic acids is 2. The van der Waals surface area contributed by atoms with Crippen LogP contribution in [-0.2, 0) is 9.53 Å². The van der Waals surface area contributed by atoms with Crippen LogP contribution < -0.4 is 16.0 Å². The van der Waals surface area contributed by atoms with Gasteiger partial charge >= 0.3 is 5.97 Å². The maximum absolute atomic E-state index is 11.9. The summed E-state index contributed by atoms with van der Waals surface area (Å²) in [4.78, 5) is 32.7. The highest BCUT2D eigenvalue weighted by Gasteiger charge is 2.29. The Hall–Kier alpha value is -1.43. The van der Waals surface area contributed by atoms with Gasteiger partial charge in [0.2, 0.25) is 5.91 Å². The van der Waals surface area contributed by atoms with Gasteiger partial charge in [-0.3, -0.25) is 9.79 Å². The number of nitrogens with zero attached hydrogens (tertiary/aromatic N) is 2. The highest BCUT2D eigenvalue weighted by atomic mass is 127. The number of aryl methyl sites for hydroxylation is 1. The van der Waals surface area contributed by atoms with E-state index in [9.17, 15) is 9.59 Å². The van der Waals surface area contributed by atoms with E-state index >= 15 is 0 Å². The average Bonchev–Trinajstić information content (AvgIpc) is 3.39. The zero-order chi connectivity index (χ0) is 19.1. The van der Waals surface area contributed by atoms with Crippen LogP contribution in [0.2, 0.25) is 0 Å². The first-order chi connectivity index (χ1) is 12.5. The molecule has 1 atom stereocenters. The summed E-state index contributed by atoms with van der Waals surface area (Å²) in [7, 11) is 1.68. The second-order valence-electron chi connectivity index (χ2n) is 6.12. The van der Waals surface area contributed by atoms with E-state index < -0.39 is 0 Å². The molecule has 0 radical (unpaired) electrons. The van der Waals surface area contributed by atoms with Crippen molar-refractivity contribution in [1.29, 1.82) is 0 Å². The number of halogens is 1. The van der Waals surface area contributed by atoms with Crippen molar-refractivity contribution in [2.75, 3.05) is 26.7 Å². The lowest BCUT2D eigenvalue weighted by atomic mass is 10.3. The van der Waals surface area contributed by atoms with E-state index in [0.717, 1.165) is 17.8 Å². The third-order valence-electron chi connectivity index (χ3n) is 3.89. The Morgan fingerprint density at radius 3 is 2.59 bits per heavy atom. The molecule has 10 heteroatoms. The maximum Gasteiger partial charge on any atom is 0.350 e. The van der Waals surface area contributed by atoms with Gasteiger partial charge in [-0.25, -0.2) is 9.78 Å². The van der Waals surface area contributed by atoms with E-state index in [2.05, 4.69) is 25.9 Å². The molecule has 0 aromatic carbocycles. The van der Waals surface area contributed by atoms with Crippen LogP contribution in [-0.4, -0.2) is 49.6 Å². The number of guanidine groups is 1. The van der Waals surface area contributed by atoms with E-state index in [1.807, 2.05) is 6.92 Å². The fourth-order valence-corrected chi connectivity index (χ4v) is 3.27. The molecule has 0 saturated heterocycles. The Morgan fingerprint density at radius 2 is 2.00 bits per heavy atom. The molecule has 0 spiro atoms. The molecule has 1 fully saturated rings. The minimum atomic E-state index is -0.338. The zero-order valence-corrected chi connectivity index (χ0v) is 19.3. The highest BCUT2D eigenvalue weighted by Crippen LogP contribution is 2.28. The molecule has 1 aromatic rings. The van der Waals surface area contributed by atoms with Crippen LogP contribution in [0.25, 0.3) is 0 Å². The summed E-state index contributed by atoms with van der Waals surface area (Å²) in [6.07, 6.45) is 2.00. The molecule has 1 amide bonds. The van der Waals surface area contributed by atoms with Gasteiger partial charge in [0.25, 0.3) is 0 Å².